The maximum Gasteiger partial charge on any atom is 0.229 e. The molecular formula is C21H30O12. The summed E-state index contributed by atoms with van der Waals surface area (Å²) in [6.07, 6.45) is -7.04. The maximum absolute atomic E-state index is 10.3. The molecule has 8 unspecified atom stereocenters. The zero-order valence-electron chi connectivity index (χ0n) is 17.9. The monoisotopic (exact) mass is 474 g/mol. The van der Waals surface area contributed by atoms with Gasteiger partial charge in [0, 0.05) is 0 Å². The highest BCUT2D eigenvalue weighted by Crippen LogP contribution is 2.33. The van der Waals surface area contributed by atoms with E-state index in [9.17, 15) is 30.6 Å². The van der Waals surface area contributed by atoms with Crippen molar-refractivity contribution in [1.82, 2.24) is 0 Å². The second-order valence-electron chi connectivity index (χ2n) is 7.85. The van der Waals surface area contributed by atoms with Crippen LogP contribution in [0.3, 0.4) is 0 Å². The van der Waals surface area contributed by atoms with Gasteiger partial charge in [0.2, 0.25) is 6.29 Å². The van der Waals surface area contributed by atoms with Gasteiger partial charge in [-0.1, -0.05) is 18.2 Å². The van der Waals surface area contributed by atoms with Gasteiger partial charge in [-0.3, -0.25) is 0 Å². The molecule has 0 saturated carbocycles. The molecule has 0 radical (unpaired) electrons. The highest BCUT2D eigenvalue weighted by Gasteiger charge is 2.50. The van der Waals surface area contributed by atoms with Crippen molar-refractivity contribution in [3.63, 3.8) is 0 Å². The third-order valence-corrected chi connectivity index (χ3v) is 5.52. The predicted octanol–water partition coefficient (Wildman–Crippen LogP) is -2.66. The average Bonchev–Trinajstić information content (AvgIpc) is 3.11. The third-order valence-electron chi connectivity index (χ3n) is 5.52. The Morgan fingerprint density at radius 1 is 1.06 bits per heavy atom. The molecule has 0 bridgehead atoms. The Kier molecular flexibility index (Phi) is 8.64. The lowest BCUT2D eigenvalue weighted by Crippen LogP contribution is -2.60. The minimum absolute atomic E-state index is 0.130. The van der Waals surface area contributed by atoms with Crippen LogP contribution >= 0.6 is 0 Å². The molecule has 7 N–H and O–H groups in total. The van der Waals surface area contributed by atoms with Crippen molar-refractivity contribution in [3.05, 3.63) is 29.8 Å². The molecule has 1 aromatic carbocycles. The summed E-state index contributed by atoms with van der Waals surface area (Å²) >= 11 is 0. The number of aliphatic hydroxyl groups is 7. The molecular weight excluding hydrogens is 444 g/mol. The lowest BCUT2D eigenvalue weighted by Gasteiger charge is -2.40. The quantitative estimate of drug-likeness (QED) is 0.197. The first-order chi connectivity index (χ1) is 15.7. The number of benzene rings is 1. The van der Waals surface area contributed by atoms with Crippen LogP contribution in [0.4, 0.5) is 0 Å². The molecule has 0 spiro atoms. The Balaban J connectivity index is 1.68. The minimum Gasteiger partial charge on any atom is -0.493 e. The van der Waals surface area contributed by atoms with E-state index in [0.29, 0.717) is 5.75 Å². The summed E-state index contributed by atoms with van der Waals surface area (Å²) in [6.45, 7) is -1.63. The number of methoxy groups -OCH3 is 1. The van der Waals surface area contributed by atoms with Crippen LogP contribution in [-0.2, 0) is 14.2 Å². The zero-order valence-corrected chi connectivity index (χ0v) is 17.9. The van der Waals surface area contributed by atoms with E-state index in [2.05, 4.69) is 0 Å². The van der Waals surface area contributed by atoms with E-state index in [1.165, 1.54) is 13.2 Å². The minimum atomic E-state index is -1.88. The number of aliphatic hydroxyl groups excluding tert-OH is 6. The Bertz CT molecular complexity index is 803. The summed E-state index contributed by atoms with van der Waals surface area (Å²) in [6, 6.07) is 4.85. The third kappa shape index (κ3) is 5.63. The molecule has 2 aliphatic rings. The first-order valence-electron chi connectivity index (χ1n) is 10.3. The van der Waals surface area contributed by atoms with Crippen molar-refractivity contribution in [2.45, 2.75) is 48.7 Å². The van der Waals surface area contributed by atoms with Crippen LogP contribution in [0.2, 0.25) is 0 Å². The molecule has 3 rings (SSSR count). The molecule has 33 heavy (non-hydrogen) atoms. The maximum atomic E-state index is 10.3. The Morgan fingerprint density at radius 3 is 2.45 bits per heavy atom. The summed E-state index contributed by atoms with van der Waals surface area (Å²) in [5, 5.41) is 69.1. The number of ether oxygens (including phenoxy) is 5. The van der Waals surface area contributed by atoms with Crippen LogP contribution in [0.15, 0.2) is 24.3 Å². The predicted molar refractivity (Wildman–Crippen MR) is 110 cm³/mol. The SMILES string of the molecule is COc1cc(C=CCO)ccc1OC1OC(COC2OCC(O)(CO)C2O)C(O)C(O)C1O. The van der Waals surface area contributed by atoms with Crippen molar-refractivity contribution in [2.75, 3.05) is 33.5 Å². The van der Waals surface area contributed by atoms with Gasteiger partial charge in [-0.15, -0.1) is 0 Å². The van der Waals surface area contributed by atoms with Gasteiger partial charge in [0.25, 0.3) is 0 Å². The average molecular weight is 474 g/mol. The van der Waals surface area contributed by atoms with Crippen LogP contribution in [0.25, 0.3) is 6.08 Å². The lowest BCUT2D eigenvalue weighted by molar-refractivity contribution is -0.289. The largest absolute Gasteiger partial charge is 0.493 e. The fraction of sp³-hybridized carbons (Fsp3) is 0.619. The molecule has 8 atom stereocenters. The standard InChI is InChI=1S/C21H30O12/c1-29-13-7-11(3-2-6-22)4-5-12(13)32-19-17(26)16(25)15(24)14(33-19)8-30-20-18(27)21(28,9-23)10-31-20/h2-5,7,14-20,22-28H,6,8-10H2,1H3. The van der Waals surface area contributed by atoms with Gasteiger partial charge < -0.3 is 59.4 Å². The number of hydrogen-bond donors (Lipinski definition) is 7. The Hall–Kier alpha value is -1.84. The van der Waals surface area contributed by atoms with Crippen LogP contribution in [0, 0.1) is 0 Å². The van der Waals surface area contributed by atoms with Gasteiger partial charge in [0.05, 0.1) is 33.5 Å². The van der Waals surface area contributed by atoms with Crippen molar-refractivity contribution < 1.29 is 59.4 Å². The van der Waals surface area contributed by atoms with Crippen molar-refractivity contribution in [1.29, 1.82) is 0 Å². The van der Waals surface area contributed by atoms with E-state index >= 15 is 0 Å². The van der Waals surface area contributed by atoms with Crippen molar-refractivity contribution in [3.8, 4) is 11.5 Å². The summed E-state index contributed by atoms with van der Waals surface area (Å²) in [4.78, 5) is 0. The second kappa shape index (κ2) is 11.1. The number of rotatable bonds is 9. The molecule has 0 aliphatic carbocycles. The molecule has 2 saturated heterocycles. The molecule has 1 aromatic rings. The van der Waals surface area contributed by atoms with Gasteiger partial charge in [-0.05, 0) is 17.7 Å². The molecule has 2 fully saturated rings. The van der Waals surface area contributed by atoms with Gasteiger partial charge in [0.15, 0.2) is 17.8 Å². The summed E-state index contributed by atoms with van der Waals surface area (Å²) in [5.74, 6) is 0.485. The Morgan fingerprint density at radius 2 is 1.82 bits per heavy atom. The Labute approximate surface area is 189 Å². The summed E-state index contributed by atoms with van der Waals surface area (Å²) < 4.78 is 27.1. The fourth-order valence-corrected chi connectivity index (χ4v) is 3.48. The molecule has 2 aliphatic heterocycles. The van der Waals surface area contributed by atoms with Crippen molar-refractivity contribution in [2.24, 2.45) is 0 Å². The van der Waals surface area contributed by atoms with Gasteiger partial charge in [-0.2, -0.15) is 0 Å². The lowest BCUT2D eigenvalue weighted by atomic mass is 9.99. The van der Waals surface area contributed by atoms with E-state index in [1.807, 2.05) is 0 Å². The van der Waals surface area contributed by atoms with Crippen LogP contribution in [0.1, 0.15) is 5.56 Å². The summed E-state index contributed by atoms with van der Waals surface area (Å²) in [7, 11) is 1.41. The van der Waals surface area contributed by atoms with E-state index in [0.717, 1.165) is 5.56 Å². The van der Waals surface area contributed by atoms with Crippen LogP contribution in [-0.4, -0.2) is 118 Å². The van der Waals surface area contributed by atoms with Gasteiger partial charge in [-0.25, -0.2) is 0 Å². The van der Waals surface area contributed by atoms with E-state index in [-0.39, 0.29) is 19.0 Å². The first kappa shape index (κ1) is 25.8. The summed E-state index contributed by atoms with van der Waals surface area (Å²) in [5.41, 5.74) is -1.16. The molecule has 0 amide bonds. The van der Waals surface area contributed by atoms with Crippen LogP contribution < -0.4 is 9.47 Å². The van der Waals surface area contributed by atoms with E-state index in [4.69, 9.17) is 28.8 Å². The highest BCUT2D eigenvalue weighted by atomic mass is 16.7. The highest BCUT2D eigenvalue weighted by molar-refractivity contribution is 5.56. The smallest absolute Gasteiger partial charge is 0.229 e. The normalized spacial score (nSPS) is 36.9. The molecule has 186 valence electrons. The second-order valence-corrected chi connectivity index (χ2v) is 7.85. The van der Waals surface area contributed by atoms with E-state index in [1.54, 1.807) is 24.3 Å². The molecule has 12 heteroatoms. The molecule has 12 nitrogen and oxygen atoms in total. The number of hydrogen-bond acceptors (Lipinski definition) is 12. The van der Waals surface area contributed by atoms with Gasteiger partial charge >= 0.3 is 0 Å². The topological polar surface area (TPSA) is 188 Å². The fourth-order valence-electron chi connectivity index (χ4n) is 3.48. The molecule has 2 heterocycles. The first-order valence-corrected chi connectivity index (χ1v) is 10.3. The van der Waals surface area contributed by atoms with E-state index < -0.39 is 61.9 Å². The molecule has 0 aromatic heterocycles. The zero-order chi connectivity index (χ0) is 24.2. The van der Waals surface area contributed by atoms with Crippen LogP contribution in [0.5, 0.6) is 11.5 Å². The van der Waals surface area contributed by atoms with Crippen molar-refractivity contribution >= 4 is 6.08 Å². The van der Waals surface area contributed by atoms with Gasteiger partial charge in [0.1, 0.15) is 36.1 Å².